The number of hydrogen-bond acceptors (Lipinski definition) is 3. The van der Waals surface area contributed by atoms with Crippen molar-refractivity contribution in [3.8, 4) is 0 Å². The Morgan fingerprint density at radius 3 is 2.53 bits per heavy atom. The van der Waals surface area contributed by atoms with Gasteiger partial charge in [0, 0.05) is 26.2 Å². The van der Waals surface area contributed by atoms with E-state index in [1.165, 1.54) is 0 Å². The normalized spacial score (nSPS) is 41.2. The Bertz CT molecular complexity index is 230. The molecule has 0 aromatic rings. The fraction of sp³-hybridized carbons (Fsp3) is 1.00. The smallest absolute Gasteiger partial charge is 0.0746 e. The van der Waals surface area contributed by atoms with Crippen LogP contribution >= 0.6 is 0 Å². The number of likely N-dealkylation sites (tertiary alicyclic amines) is 1. The number of ether oxygens (including phenoxy) is 1. The molecule has 1 heterocycles. The molecule has 2 rings (SSSR count). The highest BCUT2D eigenvalue weighted by Crippen LogP contribution is 2.40. The number of methoxy groups -OCH3 is 1. The van der Waals surface area contributed by atoms with Crippen molar-refractivity contribution in [2.45, 2.75) is 51.4 Å². The second-order valence-corrected chi connectivity index (χ2v) is 5.68. The van der Waals surface area contributed by atoms with Crippen LogP contribution in [0.1, 0.15) is 33.1 Å². The number of rotatable bonds is 2. The van der Waals surface area contributed by atoms with Crippen LogP contribution in [0.4, 0.5) is 0 Å². The third kappa shape index (κ3) is 2.05. The van der Waals surface area contributed by atoms with Crippen LogP contribution in [0.25, 0.3) is 0 Å². The van der Waals surface area contributed by atoms with Gasteiger partial charge in [-0.2, -0.15) is 0 Å². The van der Waals surface area contributed by atoms with Crippen molar-refractivity contribution in [3.05, 3.63) is 0 Å². The fourth-order valence-electron chi connectivity index (χ4n) is 2.98. The average Bonchev–Trinajstić information content (AvgIpc) is 2.74. The van der Waals surface area contributed by atoms with E-state index in [1.807, 2.05) is 0 Å². The van der Waals surface area contributed by atoms with Gasteiger partial charge in [0.05, 0.1) is 12.2 Å². The molecule has 88 valence electrons. The van der Waals surface area contributed by atoms with E-state index in [1.54, 1.807) is 7.11 Å². The van der Waals surface area contributed by atoms with Gasteiger partial charge in [-0.3, -0.25) is 4.90 Å². The van der Waals surface area contributed by atoms with Crippen molar-refractivity contribution < 1.29 is 9.84 Å². The van der Waals surface area contributed by atoms with Crippen LogP contribution in [0.3, 0.4) is 0 Å². The highest BCUT2D eigenvalue weighted by molar-refractivity contribution is 4.98. The minimum atomic E-state index is -0.173. The minimum Gasteiger partial charge on any atom is -0.391 e. The van der Waals surface area contributed by atoms with Crippen molar-refractivity contribution in [3.63, 3.8) is 0 Å². The monoisotopic (exact) mass is 213 g/mol. The summed E-state index contributed by atoms with van der Waals surface area (Å²) in [6, 6.07) is 0.361. The maximum atomic E-state index is 10.3. The van der Waals surface area contributed by atoms with Crippen molar-refractivity contribution in [2.75, 3.05) is 20.2 Å². The zero-order valence-electron chi connectivity index (χ0n) is 10.1. The number of nitrogens with zero attached hydrogens (tertiary/aromatic N) is 1. The van der Waals surface area contributed by atoms with E-state index in [2.05, 4.69) is 18.7 Å². The van der Waals surface area contributed by atoms with Crippen LogP contribution in [0.2, 0.25) is 0 Å². The summed E-state index contributed by atoms with van der Waals surface area (Å²) in [6.07, 6.45) is 3.58. The molecule has 0 amide bonds. The molecule has 2 aliphatic rings. The summed E-state index contributed by atoms with van der Waals surface area (Å²) in [4.78, 5) is 2.41. The topological polar surface area (TPSA) is 32.7 Å². The van der Waals surface area contributed by atoms with Gasteiger partial charge in [0.2, 0.25) is 0 Å². The molecule has 3 unspecified atom stereocenters. The summed E-state index contributed by atoms with van der Waals surface area (Å²) >= 11 is 0. The Balaban J connectivity index is 1.96. The summed E-state index contributed by atoms with van der Waals surface area (Å²) in [5, 5.41) is 10.3. The van der Waals surface area contributed by atoms with Crippen molar-refractivity contribution in [1.82, 2.24) is 4.90 Å². The highest BCUT2D eigenvalue weighted by atomic mass is 16.5. The lowest BCUT2D eigenvalue weighted by molar-refractivity contribution is 0.0159. The summed E-state index contributed by atoms with van der Waals surface area (Å²) in [5.41, 5.74) is 0.0931. The Hall–Kier alpha value is -0.120. The summed E-state index contributed by atoms with van der Waals surface area (Å²) in [6.45, 7) is 6.41. The molecule has 2 fully saturated rings. The SMILES string of the molecule is COC1CCN(C2CCC(C)(C)C2O)C1. The van der Waals surface area contributed by atoms with Gasteiger partial charge < -0.3 is 9.84 Å². The first-order valence-corrected chi connectivity index (χ1v) is 5.99. The van der Waals surface area contributed by atoms with E-state index in [-0.39, 0.29) is 11.5 Å². The molecule has 3 heteroatoms. The third-order valence-corrected chi connectivity index (χ3v) is 4.23. The molecule has 3 atom stereocenters. The van der Waals surface area contributed by atoms with Gasteiger partial charge in [0.1, 0.15) is 0 Å². The molecular weight excluding hydrogens is 190 g/mol. The largest absolute Gasteiger partial charge is 0.391 e. The summed E-state index contributed by atoms with van der Waals surface area (Å²) < 4.78 is 5.36. The first kappa shape index (κ1) is 11.4. The van der Waals surface area contributed by atoms with E-state index in [9.17, 15) is 5.11 Å². The standard InChI is InChI=1S/C12H23NO2/c1-12(2)6-4-10(11(12)14)13-7-5-9(8-13)15-3/h9-11,14H,4-8H2,1-3H3. The van der Waals surface area contributed by atoms with Gasteiger partial charge in [-0.15, -0.1) is 0 Å². The van der Waals surface area contributed by atoms with Crippen molar-refractivity contribution in [1.29, 1.82) is 0 Å². The lowest BCUT2D eigenvalue weighted by atomic mass is 9.89. The average molecular weight is 213 g/mol. The second-order valence-electron chi connectivity index (χ2n) is 5.68. The third-order valence-electron chi connectivity index (χ3n) is 4.23. The predicted molar refractivity (Wildman–Crippen MR) is 59.8 cm³/mol. The Morgan fingerprint density at radius 1 is 1.33 bits per heavy atom. The maximum absolute atomic E-state index is 10.3. The van der Waals surface area contributed by atoms with Gasteiger partial charge >= 0.3 is 0 Å². The van der Waals surface area contributed by atoms with Crippen molar-refractivity contribution >= 4 is 0 Å². The lowest BCUT2D eigenvalue weighted by Gasteiger charge is -2.31. The molecule has 0 bridgehead atoms. The summed E-state index contributed by atoms with van der Waals surface area (Å²) in [5.74, 6) is 0. The molecule has 1 N–H and O–H groups in total. The molecule has 1 aliphatic heterocycles. The second kappa shape index (κ2) is 4.04. The molecule has 0 radical (unpaired) electrons. The Kier molecular flexibility index (Phi) is 3.06. The van der Waals surface area contributed by atoms with Gasteiger partial charge in [0.25, 0.3) is 0 Å². The van der Waals surface area contributed by atoms with E-state index >= 15 is 0 Å². The molecule has 0 spiro atoms. The molecule has 15 heavy (non-hydrogen) atoms. The Morgan fingerprint density at radius 2 is 2.07 bits per heavy atom. The zero-order chi connectivity index (χ0) is 11.1. The molecule has 0 aromatic carbocycles. The molecule has 3 nitrogen and oxygen atoms in total. The summed E-state index contributed by atoms with van der Waals surface area (Å²) in [7, 11) is 1.78. The molecule has 0 aromatic heterocycles. The van der Waals surface area contributed by atoms with Gasteiger partial charge in [-0.25, -0.2) is 0 Å². The molecule has 1 saturated heterocycles. The lowest BCUT2D eigenvalue weighted by Crippen LogP contribution is -2.43. The maximum Gasteiger partial charge on any atom is 0.0746 e. The molecule has 1 saturated carbocycles. The molecular formula is C12H23NO2. The Labute approximate surface area is 92.4 Å². The predicted octanol–water partition coefficient (Wildman–Crippen LogP) is 1.26. The van der Waals surface area contributed by atoms with Crippen LogP contribution in [0.5, 0.6) is 0 Å². The van der Waals surface area contributed by atoms with Crippen LogP contribution in [0, 0.1) is 5.41 Å². The highest BCUT2D eigenvalue weighted by Gasteiger charge is 2.44. The number of aliphatic hydroxyl groups excluding tert-OH is 1. The van der Waals surface area contributed by atoms with Crippen LogP contribution in [-0.4, -0.2) is 48.5 Å². The van der Waals surface area contributed by atoms with Crippen LogP contribution in [-0.2, 0) is 4.74 Å². The number of aliphatic hydroxyl groups is 1. The van der Waals surface area contributed by atoms with E-state index < -0.39 is 0 Å². The van der Waals surface area contributed by atoms with E-state index in [0.29, 0.717) is 12.1 Å². The first-order chi connectivity index (χ1) is 7.04. The van der Waals surface area contributed by atoms with Crippen molar-refractivity contribution in [2.24, 2.45) is 5.41 Å². The fourth-order valence-corrected chi connectivity index (χ4v) is 2.98. The van der Waals surface area contributed by atoms with E-state index in [4.69, 9.17) is 4.74 Å². The zero-order valence-corrected chi connectivity index (χ0v) is 10.1. The van der Waals surface area contributed by atoms with E-state index in [0.717, 1.165) is 32.4 Å². The molecule has 1 aliphatic carbocycles. The number of hydrogen-bond donors (Lipinski definition) is 1. The van der Waals surface area contributed by atoms with Crippen LogP contribution < -0.4 is 0 Å². The van der Waals surface area contributed by atoms with Gasteiger partial charge in [-0.1, -0.05) is 13.8 Å². The quantitative estimate of drug-likeness (QED) is 0.749. The minimum absolute atomic E-state index is 0.0931. The van der Waals surface area contributed by atoms with Crippen LogP contribution in [0.15, 0.2) is 0 Å². The first-order valence-electron chi connectivity index (χ1n) is 5.99. The van der Waals surface area contributed by atoms with Gasteiger partial charge in [0.15, 0.2) is 0 Å². The van der Waals surface area contributed by atoms with Gasteiger partial charge in [-0.05, 0) is 24.7 Å².